The van der Waals surface area contributed by atoms with Gasteiger partial charge in [-0.3, -0.25) is 14.2 Å². The Balaban J connectivity index is 1.55. The van der Waals surface area contributed by atoms with Crippen molar-refractivity contribution in [3.63, 3.8) is 0 Å². The van der Waals surface area contributed by atoms with Gasteiger partial charge in [-0.05, 0) is 56.2 Å². The fourth-order valence-corrected chi connectivity index (χ4v) is 3.76. The van der Waals surface area contributed by atoms with Crippen LogP contribution in [0.15, 0.2) is 60.0 Å². The molecule has 0 atom stereocenters. The molecular formula is C23H26N4O2S. The Bertz CT molecular complexity index is 1040. The summed E-state index contributed by atoms with van der Waals surface area (Å²) in [6.07, 6.45) is 3.61. The molecule has 6 nitrogen and oxygen atoms in total. The lowest BCUT2D eigenvalue weighted by atomic mass is 10.1. The largest absolute Gasteiger partial charge is 0.336 e. The number of imidazole rings is 1. The van der Waals surface area contributed by atoms with E-state index in [1.165, 1.54) is 27.8 Å². The first-order valence-electron chi connectivity index (χ1n) is 9.68. The van der Waals surface area contributed by atoms with Gasteiger partial charge in [-0.1, -0.05) is 35.5 Å². The molecule has 0 bridgehead atoms. The van der Waals surface area contributed by atoms with Crippen molar-refractivity contribution >= 4 is 29.3 Å². The van der Waals surface area contributed by atoms with E-state index in [2.05, 4.69) is 36.3 Å². The summed E-state index contributed by atoms with van der Waals surface area (Å²) in [6.45, 7) is 6.13. The van der Waals surface area contributed by atoms with Crippen LogP contribution in [0.25, 0.3) is 5.69 Å². The number of nitrogens with one attached hydrogen (secondary N) is 1. The van der Waals surface area contributed by atoms with E-state index in [4.69, 9.17) is 0 Å². The van der Waals surface area contributed by atoms with Crippen LogP contribution in [-0.4, -0.2) is 45.6 Å². The number of aromatic nitrogens is 2. The van der Waals surface area contributed by atoms with Gasteiger partial charge in [0.1, 0.15) is 0 Å². The van der Waals surface area contributed by atoms with Crippen LogP contribution in [0.3, 0.4) is 0 Å². The second kappa shape index (κ2) is 9.63. The highest BCUT2D eigenvalue weighted by Gasteiger charge is 2.15. The third-order valence-electron chi connectivity index (χ3n) is 4.84. The molecule has 156 valence electrons. The zero-order valence-electron chi connectivity index (χ0n) is 17.7. The molecule has 7 heteroatoms. The zero-order chi connectivity index (χ0) is 21.7. The molecule has 0 saturated carbocycles. The smallest absolute Gasteiger partial charge is 0.243 e. The molecule has 1 aromatic heterocycles. The van der Waals surface area contributed by atoms with Gasteiger partial charge in [-0.2, -0.15) is 0 Å². The van der Waals surface area contributed by atoms with Crippen molar-refractivity contribution in [2.75, 3.05) is 24.7 Å². The van der Waals surface area contributed by atoms with Gasteiger partial charge < -0.3 is 10.2 Å². The van der Waals surface area contributed by atoms with E-state index in [0.29, 0.717) is 0 Å². The topological polar surface area (TPSA) is 67.2 Å². The molecule has 0 aliphatic rings. The van der Waals surface area contributed by atoms with Crippen LogP contribution >= 0.6 is 11.8 Å². The van der Waals surface area contributed by atoms with Gasteiger partial charge >= 0.3 is 0 Å². The van der Waals surface area contributed by atoms with Crippen LogP contribution in [0.4, 0.5) is 5.69 Å². The Morgan fingerprint density at radius 1 is 1.07 bits per heavy atom. The Morgan fingerprint density at radius 2 is 1.80 bits per heavy atom. The first-order valence-corrected chi connectivity index (χ1v) is 10.7. The monoisotopic (exact) mass is 422 g/mol. The Hall–Kier alpha value is -3.06. The SMILES string of the molecule is Cc1ccc(NC(=O)CN(C)C(=O)CSc2nccn2-c2ccc(C)c(C)c2)cc1. The minimum absolute atomic E-state index is 0.00112. The predicted octanol–water partition coefficient (Wildman–Crippen LogP) is 3.99. The summed E-state index contributed by atoms with van der Waals surface area (Å²) >= 11 is 1.36. The summed E-state index contributed by atoms with van der Waals surface area (Å²) in [5.41, 5.74) is 5.28. The summed E-state index contributed by atoms with van der Waals surface area (Å²) in [7, 11) is 1.63. The first kappa shape index (κ1) is 21.6. The number of likely N-dealkylation sites (N-methyl/N-ethyl adjacent to an activating group) is 1. The number of benzene rings is 2. The third-order valence-corrected chi connectivity index (χ3v) is 5.79. The number of rotatable bonds is 7. The predicted molar refractivity (Wildman–Crippen MR) is 121 cm³/mol. The zero-order valence-corrected chi connectivity index (χ0v) is 18.5. The number of aryl methyl sites for hydroxylation is 3. The second-order valence-corrected chi connectivity index (χ2v) is 8.24. The summed E-state index contributed by atoms with van der Waals surface area (Å²) in [5.74, 6) is -0.152. The maximum Gasteiger partial charge on any atom is 0.243 e. The van der Waals surface area contributed by atoms with Crippen LogP contribution in [0.5, 0.6) is 0 Å². The quantitative estimate of drug-likeness (QED) is 0.585. The van der Waals surface area contributed by atoms with Crippen molar-refractivity contribution < 1.29 is 9.59 Å². The molecule has 0 radical (unpaired) electrons. The fraction of sp³-hybridized carbons (Fsp3) is 0.261. The molecule has 0 unspecified atom stereocenters. The van der Waals surface area contributed by atoms with Gasteiger partial charge in [-0.15, -0.1) is 0 Å². The van der Waals surface area contributed by atoms with Gasteiger partial charge in [-0.25, -0.2) is 4.98 Å². The van der Waals surface area contributed by atoms with Gasteiger partial charge in [0, 0.05) is 30.8 Å². The summed E-state index contributed by atoms with van der Waals surface area (Å²) in [4.78, 5) is 30.5. The van der Waals surface area contributed by atoms with E-state index in [-0.39, 0.29) is 24.1 Å². The molecule has 0 saturated heterocycles. The number of hydrogen-bond acceptors (Lipinski definition) is 4. The maximum absolute atomic E-state index is 12.5. The Kier molecular flexibility index (Phi) is 6.95. The van der Waals surface area contributed by atoms with Gasteiger partial charge in [0.05, 0.1) is 12.3 Å². The molecule has 3 aromatic rings. The molecule has 30 heavy (non-hydrogen) atoms. The van der Waals surface area contributed by atoms with E-state index in [9.17, 15) is 9.59 Å². The average molecular weight is 423 g/mol. The number of carbonyl (C=O) groups excluding carboxylic acids is 2. The number of anilines is 1. The minimum atomic E-state index is -0.226. The van der Waals surface area contributed by atoms with Gasteiger partial charge in [0.25, 0.3) is 0 Å². The lowest BCUT2D eigenvalue weighted by Crippen LogP contribution is -2.36. The maximum atomic E-state index is 12.5. The number of nitrogens with zero attached hydrogens (tertiary/aromatic N) is 3. The fourth-order valence-electron chi connectivity index (χ4n) is 2.85. The van der Waals surface area contributed by atoms with E-state index in [1.807, 2.05) is 48.0 Å². The molecule has 0 spiro atoms. The van der Waals surface area contributed by atoms with E-state index < -0.39 is 0 Å². The van der Waals surface area contributed by atoms with Crippen molar-refractivity contribution in [3.05, 3.63) is 71.5 Å². The summed E-state index contributed by atoms with van der Waals surface area (Å²) < 4.78 is 1.97. The number of thioether (sulfide) groups is 1. The summed E-state index contributed by atoms with van der Waals surface area (Å²) in [6, 6.07) is 13.8. The highest BCUT2D eigenvalue weighted by atomic mass is 32.2. The van der Waals surface area contributed by atoms with Gasteiger partial charge in [0.2, 0.25) is 11.8 Å². The Morgan fingerprint density at radius 3 is 2.50 bits per heavy atom. The first-order chi connectivity index (χ1) is 14.3. The molecule has 0 aliphatic carbocycles. The standard InChI is InChI=1S/C23H26N4O2S/c1-16-5-8-19(9-6-16)25-21(28)14-26(4)22(29)15-30-23-24-11-12-27(23)20-10-7-17(2)18(3)13-20/h5-13H,14-15H2,1-4H3,(H,25,28). The van der Waals surface area contributed by atoms with Crippen molar-refractivity contribution in [1.82, 2.24) is 14.5 Å². The molecule has 1 N–H and O–H groups in total. The van der Waals surface area contributed by atoms with Crippen LogP contribution in [0.1, 0.15) is 16.7 Å². The van der Waals surface area contributed by atoms with Crippen molar-refractivity contribution in [2.24, 2.45) is 0 Å². The van der Waals surface area contributed by atoms with E-state index in [1.54, 1.807) is 13.2 Å². The molecule has 2 amide bonds. The van der Waals surface area contributed by atoms with Crippen molar-refractivity contribution in [2.45, 2.75) is 25.9 Å². The molecule has 3 rings (SSSR count). The number of carbonyl (C=O) groups is 2. The number of hydrogen-bond donors (Lipinski definition) is 1. The molecular weight excluding hydrogens is 396 g/mol. The molecule has 2 aromatic carbocycles. The van der Waals surface area contributed by atoms with Crippen LogP contribution < -0.4 is 5.32 Å². The van der Waals surface area contributed by atoms with Crippen LogP contribution in [0, 0.1) is 20.8 Å². The lowest BCUT2D eigenvalue weighted by molar-refractivity contribution is -0.131. The van der Waals surface area contributed by atoms with E-state index >= 15 is 0 Å². The normalized spacial score (nSPS) is 10.7. The Labute approximate surface area is 181 Å². The van der Waals surface area contributed by atoms with Crippen LogP contribution in [-0.2, 0) is 9.59 Å². The highest BCUT2D eigenvalue weighted by Crippen LogP contribution is 2.22. The summed E-state index contributed by atoms with van der Waals surface area (Å²) in [5, 5.41) is 3.55. The van der Waals surface area contributed by atoms with Crippen LogP contribution in [0.2, 0.25) is 0 Å². The number of amides is 2. The van der Waals surface area contributed by atoms with Crippen molar-refractivity contribution in [1.29, 1.82) is 0 Å². The minimum Gasteiger partial charge on any atom is -0.336 e. The lowest BCUT2D eigenvalue weighted by Gasteiger charge is -2.17. The second-order valence-electron chi connectivity index (χ2n) is 7.30. The molecule has 0 aliphatic heterocycles. The molecule has 0 fully saturated rings. The third kappa shape index (κ3) is 5.51. The average Bonchev–Trinajstić information content (AvgIpc) is 3.18. The van der Waals surface area contributed by atoms with Crippen molar-refractivity contribution in [3.8, 4) is 5.69 Å². The van der Waals surface area contributed by atoms with Gasteiger partial charge in [0.15, 0.2) is 5.16 Å². The highest BCUT2D eigenvalue weighted by molar-refractivity contribution is 7.99. The van der Waals surface area contributed by atoms with E-state index in [0.717, 1.165) is 22.1 Å². The molecule has 1 heterocycles.